The summed E-state index contributed by atoms with van der Waals surface area (Å²) in [5.74, 6) is 2.17. The van der Waals surface area contributed by atoms with Crippen LogP contribution >= 0.6 is 0 Å². The monoisotopic (exact) mass is 360 g/mol. The van der Waals surface area contributed by atoms with Gasteiger partial charge in [-0.1, -0.05) is 12.1 Å². The van der Waals surface area contributed by atoms with Gasteiger partial charge in [0.1, 0.15) is 11.5 Å². The Labute approximate surface area is 153 Å². The van der Waals surface area contributed by atoms with Crippen LogP contribution in [-0.4, -0.2) is 11.7 Å². The normalized spacial score (nSPS) is 12.6. The highest BCUT2D eigenvalue weighted by molar-refractivity contribution is 5.89. The first-order valence-corrected chi connectivity index (χ1v) is 8.00. The average Bonchev–Trinajstić information content (AvgIpc) is 3.35. The van der Waals surface area contributed by atoms with Gasteiger partial charge >= 0.3 is 0 Å². The van der Waals surface area contributed by atoms with Gasteiger partial charge in [0, 0.05) is 17.7 Å². The molecule has 0 saturated carbocycles. The molecule has 27 heavy (non-hydrogen) atoms. The van der Waals surface area contributed by atoms with Crippen molar-refractivity contribution in [2.75, 3.05) is 6.79 Å². The summed E-state index contributed by atoms with van der Waals surface area (Å²) in [6, 6.07) is 17.0. The van der Waals surface area contributed by atoms with E-state index in [0.29, 0.717) is 39.7 Å². The van der Waals surface area contributed by atoms with E-state index < -0.39 is 4.92 Å². The maximum Gasteiger partial charge on any atom is 0.270 e. The van der Waals surface area contributed by atoms with E-state index in [9.17, 15) is 15.4 Å². The number of fused-ring (bicyclic) bond motifs is 1. The summed E-state index contributed by atoms with van der Waals surface area (Å²) in [7, 11) is 0. The van der Waals surface area contributed by atoms with Gasteiger partial charge in [0.05, 0.1) is 16.6 Å². The van der Waals surface area contributed by atoms with E-state index in [2.05, 4.69) is 6.07 Å². The van der Waals surface area contributed by atoms with Crippen LogP contribution in [0.15, 0.2) is 59.0 Å². The number of nitro groups is 1. The molecule has 7 nitrogen and oxygen atoms in total. The maximum absolute atomic E-state index is 10.9. The lowest BCUT2D eigenvalue weighted by Crippen LogP contribution is -1.92. The summed E-state index contributed by atoms with van der Waals surface area (Å²) >= 11 is 0. The van der Waals surface area contributed by atoms with Gasteiger partial charge in [-0.3, -0.25) is 10.1 Å². The summed E-state index contributed by atoms with van der Waals surface area (Å²) in [5.41, 5.74) is 1.65. The van der Waals surface area contributed by atoms with E-state index in [1.165, 1.54) is 12.1 Å². The molecule has 1 aliphatic rings. The van der Waals surface area contributed by atoms with Crippen molar-refractivity contribution in [2.24, 2.45) is 0 Å². The van der Waals surface area contributed by atoms with Crippen LogP contribution in [0.3, 0.4) is 0 Å². The van der Waals surface area contributed by atoms with Crippen LogP contribution in [0.2, 0.25) is 0 Å². The molecule has 0 N–H and O–H groups in total. The van der Waals surface area contributed by atoms with Crippen LogP contribution in [-0.2, 0) is 0 Å². The van der Waals surface area contributed by atoms with Crippen LogP contribution in [0, 0.1) is 21.4 Å². The summed E-state index contributed by atoms with van der Waals surface area (Å²) in [4.78, 5) is 10.5. The molecule has 3 aromatic rings. The molecule has 4 rings (SSSR count). The number of hydrogen-bond donors (Lipinski definition) is 0. The van der Waals surface area contributed by atoms with E-state index in [0.717, 1.165) is 0 Å². The van der Waals surface area contributed by atoms with Crippen LogP contribution in [0.1, 0.15) is 11.3 Å². The largest absolute Gasteiger partial charge is 0.457 e. The molecule has 0 bridgehead atoms. The quantitative estimate of drug-likeness (QED) is 0.381. The van der Waals surface area contributed by atoms with Crippen LogP contribution < -0.4 is 9.47 Å². The van der Waals surface area contributed by atoms with E-state index >= 15 is 0 Å². The number of benzene rings is 2. The fourth-order valence-corrected chi connectivity index (χ4v) is 2.74. The van der Waals surface area contributed by atoms with Gasteiger partial charge < -0.3 is 13.9 Å². The number of allylic oxidation sites excluding steroid dienone is 1. The van der Waals surface area contributed by atoms with Gasteiger partial charge in [-0.15, -0.1) is 0 Å². The van der Waals surface area contributed by atoms with Crippen LogP contribution in [0.4, 0.5) is 5.69 Å². The summed E-state index contributed by atoms with van der Waals surface area (Å²) in [5, 5.41) is 20.4. The molecule has 1 aliphatic heterocycles. The molecular formula is C20H12N2O5. The van der Waals surface area contributed by atoms with Gasteiger partial charge in [-0.2, -0.15) is 5.26 Å². The molecule has 0 radical (unpaired) electrons. The molecule has 7 heteroatoms. The van der Waals surface area contributed by atoms with Crippen LogP contribution in [0.5, 0.6) is 11.5 Å². The van der Waals surface area contributed by atoms with E-state index in [1.807, 2.05) is 0 Å². The summed E-state index contributed by atoms with van der Waals surface area (Å²) in [6.07, 6.45) is 1.61. The number of ether oxygens (including phenoxy) is 2. The Bertz CT molecular complexity index is 1110. The summed E-state index contributed by atoms with van der Waals surface area (Å²) in [6.45, 7) is 0.162. The first-order valence-electron chi connectivity index (χ1n) is 8.00. The third-order valence-corrected chi connectivity index (χ3v) is 4.06. The fourth-order valence-electron chi connectivity index (χ4n) is 2.74. The third-order valence-electron chi connectivity index (χ3n) is 4.06. The number of furan rings is 1. The minimum atomic E-state index is -0.458. The molecule has 0 spiro atoms. The Hall–Kier alpha value is -4.05. The van der Waals surface area contributed by atoms with Gasteiger partial charge in [0.15, 0.2) is 11.5 Å². The highest BCUT2D eigenvalue weighted by atomic mass is 16.7. The maximum atomic E-state index is 10.9. The van der Waals surface area contributed by atoms with Gasteiger partial charge in [-0.05, 0) is 42.0 Å². The lowest BCUT2D eigenvalue weighted by Gasteiger charge is -2.01. The molecule has 0 unspecified atom stereocenters. The molecule has 1 aromatic heterocycles. The zero-order valence-electron chi connectivity index (χ0n) is 13.9. The Morgan fingerprint density at radius 2 is 1.96 bits per heavy atom. The molecule has 0 amide bonds. The smallest absolute Gasteiger partial charge is 0.270 e. The van der Waals surface area contributed by atoms with Gasteiger partial charge in [0.25, 0.3) is 5.69 Å². The van der Waals surface area contributed by atoms with Crippen molar-refractivity contribution in [3.05, 3.63) is 76.0 Å². The molecular weight excluding hydrogens is 348 g/mol. The molecule has 0 fully saturated rings. The molecule has 0 aliphatic carbocycles. The number of non-ortho nitro benzene ring substituents is 1. The van der Waals surface area contributed by atoms with E-state index in [4.69, 9.17) is 13.9 Å². The topological polar surface area (TPSA) is 98.5 Å². The third kappa shape index (κ3) is 3.24. The van der Waals surface area contributed by atoms with Crippen molar-refractivity contribution in [3.63, 3.8) is 0 Å². The van der Waals surface area contributed by atoms with Crippen molar-refractivity contribution >= 4 is 17.3 Å². The highest BCUT2D eigenvalue weighted by Gasteiger charge is 2.15. The van der Waals surface area contributed by atoms with Crippen molar-refractivity contribution in [3.8, 4) is 28.9 Å². The minimum absolute atomic E-state index is 0.0148. The fraction of sp³-hybridized carbons (Fsp3) is 0.0500. The Kier molecular flexibility index (Phi) is 4.07. The number of nitro benzene ring substituents is 1. The molecule has 2 aromatic carbocycles. The second kappa shape index (κ2) is 6.69. The summed E-state index contributed by atoms with van der Waals surface area (Å²) < 4.78 is 16.4. The van der Waals surface area contributed by atoms with Crippen LogP contribution in [0.25, 0.3) is 23.0 Å². The predicted octanol–water partition coefficient (Wildman–Crippen LogP) is 4.65. The Balaban J connectivity index is 1.65. The number of rotatable bonds is 4. The van der Waals surface area contributed by atoms with Gasteiger partial charge in [-0.25, -0.2) is 0 Å². The number of hydrogen-bond acceptors (Lipinski definition) is 6. The molecule has 0 atom stereocenters. The lowest BCUT2D eigenvalue weighted by atomic mass is 10.1. The average molecular weight is 360 g/mol. The second-order valence-corrected chi connectivity index (χ2v) is 5.75. The van der Waals surface area contributed by atoms with E-state index in [1.54, 1.807) is 48.5 Å². The molecule has 0 saturated heterocycles. The highest BCUT2D eigenvalue weighted by Crippen LogP contribution is 2.35. The first kappa shape index (κ1) is 16.4. The van der Waals surface area contributed by atoms with Crippen molar-refractivity contribution in [1.82, 2.24) is 0 Å². The van der Waals surface area contributed by atoms with Crippen molar-refractivity contribution in [1.29, 1.82) is 5.26 Å². The van der Waals surface area contributed by atoms with Crippen molar-refractivity contribution in [2.45, 2.75) is 0 Å². The second-order valence-electron chi connectivity index (χ2n) is 5.75. The standard InChI is InChI=1S/C20H12N2O5/c21-11-15(13-4-6-19-20(10-13)26-12-25-19)9-17-5-7-18(27-17)14-2-1-3-16(8-14)22(23)24/h1-10H,12H2/b15-9-. The number of nitriles is 1. The zero-order valence-corrected chi connectivity index (χ0v) is 13.9. The SMILES string of the molecule is N#C/C(=C/c1ccc(-c2cccc([N+](=O)[O-])c2)o1)c1ccc2c(c1)OCO2. The molecule has 2 heterocycles. The van der Waals surface area contributed by atoms with Crippen molar-refractivity contribution < 1.29 is 18.8 Å². The zero-order chi connectivity index (χ0) is 18.8. The predicted molar refractivity (Wildman–Crippen MR) is 96.8 cm³/mol. The Morgan fingerprint density at radius 1 is 1.11 bits per heavy atom. The molecule has 132 valence electrons. The van der Waals surface area contributed by atoms with Gasteiger partial charge in [0.2, 0.25) is 6.79 Å². The Morgan fingerprint density at radius 3 is 2.78 bits per heavy atom. The van der Waals surface area contributed by atoms with E-state index in [-0.39, 0.29) is 12.5 Å². The minimum Gasteiger partial charge on any atom is -0.457 e. The lowest BCUT2D eigenvalue weighted by molar-refractivity contribution is -0.384. The first-order chi connectivity index (χ1) is 13.1. The number of nitrogens with zero attached hydrogens (tertiary/aromatic N) is 2.